The van der Waals surface area contributed by atoms with Gasteiger partial charge in [0.1, 0.15) is 0 Å². The van der Waals surface area contributed by atoms with Gasteiger partial charge in [-0.05, 0) is 55.8 Å². The maximum atomic E-state index is 12.8. The lowest BCUT2D eigenvalue weighted by molar-refractivity contribution is 0.101. The summed E-state index contributed by atoms with van der Waals surface area (Å²) >= 11 is 5.93. The first-order valence-corrected chi connectivity index (χ1v) is 11.9. The number of amides is 1. The number of nitrogens with one attached hydrogen (secondary N) is 2. The first-order chi connectivity index (χ1) is 15.2. The van der Waals surface area contributed by atoms with Gasteiger partial charge in [0, 0.05) is 29.0 Å². The highest BCUT2D eigenvalue weighted by atomic mass is 35.5. The molecule has 0 saturated heterocycles. The van der Waals surface area contributed by atoms with Crippen LogP contribution in [0.3, 0.4) is 0 Å². The fraction of sp³-hybridized carbons (Fsp3) is 0.227. The maximum Gasteiger partial charge on any atom is 0.280 e. The number of sulfonamides is 1. The largest absolute Gasteiger partial charge is 0.320 e. The van der Waals surface area contributed by atoms with E-state index in [1.165, 1.54) is 35.0 Å². The van der Waals surface area contributed by atoms with Crippen LogP contribution in [0.2, 0.25) is 5.02 Å². The first-order valence-electron chi connectivity index (χ1n) is 9.99. The average molecular weight is 475 g/mol. The van der Waals surface area contributed by atoms with E-state index in [1.807, 2.05) is 6.92 Å². The normalized spacial score (nSPS) is 11.3. The highest BCUT2D eigenvalue weighted by Gasteiger charge is 2.18. The number of aryl methyl sites for hydroxylation is 1. The predicted octanol–water partition coefficient (Wildman–Crippen LogP) is 3.53. The smallest absolute Gasteiger partial charge is 0.280 e. The first kappa shape index (κ1) is 23.6. The quantitative estimate of drug-likeness (QED) is 0.485. The minimum absolute atomic E-state index is 0.0156. The molecule has 0 aliphatic carbocycles. The molecule has 0 unspecified atom stereocenters. The number of anilines is 1. The third-order valence-electron chi connectivity index (χ3n) is 4.62. The molecule has 8 nitrogen and oxygen atoms in total. The molecular weight excluding hydrogens is 452 g/mol. The second kappa shape index (κ2) is 10.1. The van der Waals surface area contributed by atoms with Gasteiger partial charge in [-0.3, -0.25) is 9.59 Å². The summed E-state index contributed by atoms with van der Waals surface area (Å²) in [6, 6.07) is 13.9. The lowest BCUT2D eigenvalue weighted by Crippen LogP contribution is -2.27. The Morgan fingerprint density at radius 2 is 1.84 bits per heavy atom. The van der Waals surface area contributed by atoms with Crippen molar-refractivity contribution in [3.63, 3.8) is 0 Å². The lowest BCUT2D eigenvalue weighted by atomic mass is 10.2. The summed E-state index contributed by atoms with van der Waals surface area (Å²) in [6.45, 7) is 3.99. The molecule has 0 radical (unpaired) electrons. The Morgan fingerprint density at radius 1 is 1.12 bits per heavy atom. The summed E-state index contributed by atoms with van der Waals surface area (Å²) in [5.41, 5.74) is 0.538. The summed E-state index contributed by atoms with van der Waals surface area (Å²) in [5.74, 6) is -0.744. The number of halogens is 1. The third-order valence-corrected chi connectivity index (χ3v) is 6.33. The van der Waals surface area contributed by atoms with Gasteiger partial charge in [0.2, 0.25) is 15.5 Å². The fourth-order valence-corrected chi connectivity index (χ4v) is 4.19. The summed E-state index contributed by atoms with van der Waals surface area (Å²) < 4.78 is 28.8. The van der Waals surface area contributed by atoms with Gasteiger partial charge in [0.25, 0.3) is 5.91 Å². The molecule has 1 aromatic heterocycles. The number of benzene rings is 2. The molecule has 2 N–H and O–H groups in total. The number of nitrogens with zero attached hydrogens (tertiary/aromatic N) is 2. The van der Waals surface area contributed by atoms with E-state index in [1.54, 1.807) is 31.2 Å². The molecule has 1 amide bonds. The Kier molecular flexibility index (Phi) is 7.44. The van der Waals surface area contributed by atoms with Gasteiger partial charge in [0.05, 0.1) is 10.6 Å². The van der Waals surface area contributed by atoms with Gasteiger partial charge in [-0.2, -0.15) is 5.10 Å². The van der Waals surface area contributed by atoms with E-state index in [2.05, 4.69) is 15.1 Å². The van der Waals surface area contributed by atoms with Crippen molar-refractivity contribution in [3.8, 4) is 5.69 Å². The van der Waals surface area contributed by atoms with Gasteiger partial charge >= 0.3 is 0 Å². The predicted molar refractivity (Wildman–Crippen MR) is 124 cm³/mol. The van der Waals surface area contributed by atoms with E-state index >= 15 is 0 Å². The van der Waals surface area contributed by atoms with Crippen LogP contribution >= 0.6 is 11.6 Å². The number of carbonyl (C=O) groups excluding carboxylic acids is 1. The van der Waals surface area contributed by atoms with Crippen LogP contribution in [0.15, 0.2) is 64.3 Å². The number of aromatic nitrogens is 2. The SMILES string of the molecule is CCCCNS(=O)(=O)c1cccc(NC(=O)c2nn(-c3ccc(Cl)cc3)c(C)cc2=O)c1. The van der Waals surface area contributed by atoms with Crippen LogP contribution in [0.25, 0.3) is 5.69 Å². The average Bonchev–Trinajstić information content (AvgIpc) is 2.75. The van der Waals surface area contributed by atoms with Crippen molar-refractivity contribution in [2.75, 3.05) is 11.9 Å². The lowest BCUT2D eigenvalue weighted by Gasteiger charge is -2.12. The number of hydrogen-bond acceptors (Lipinski definition) is 5. The minimum atomic E-state index is -3.71. The van der Waals surface area contributed by atoms with Crippen LogP contribution in [0, 0.1) is 6.92 Å². The Morgan fingerprint density at radius 3 is 2.53 bits per heavy atom. The van der Waals surface area contributed by atoms with Crippen LogP contribution in [0.1, 0.15) is 35.9 Å². The molecule has 0 bridgehead atoms. The Hall–Kier alpha value is -3.01. The Balaban J connectivity index is 1.87. The second-order valence-corrected chi connectivity index (χ2v) is 9.32. The molecule has 10 heteroatoms. The molecule has 32 heavy (non-hydrogen) atoms. The number of rotatable bonds is 8. The van der Waals surface area contributed by atoms with E-state index in [4.69, 9.17) is 11.6 Å². The molecule has 0 aliphatic heterocycles. The third kappa shape index (κ3) is 5.61. The van der Waals surface area contributed by atoms with Crippen molar-refractivity contribution in [1.29, 1.82) is 0 Å². The zero-order chi connectivity index (χ0) is 23.3. The molecule has 0 spiro atoms. The van der Waals surface area contributed by atoms with E-state index < -0.39 is 21.4 Å². The zero-order valence-electron chi connectivity index (χ0n) is 17.6. The van der Waals surface area contributed by atoms with Gasteiger partial charge in [-0.25, -0.2) is 17.8 Å². The van der Waals surface area contributed by atoms with Crippen LogP contribution in [-0.4, -0.2) is 30.7 Å². The van der Waals surface area contributed by atoms with E-state index in [-0.39, 0.29) is 16.3 Å². The van der Waals surface area contributed by atoms with Crippen molar-refractivity contribution in [2.24, 2.45) is 0 Å². The number of unbranched alkanes of at least 4 members (excludes halogenated alkanes) is 1. The summed E-state index contributed by atoms with van der Waals surface area (Å²) in [7, 11) is -3.71. The summed E-state index contributed by atoms with van der Waals surface area (Å²) in [6.07, 6.45) is 1.57. The van der Waals surface area contributed by atoms with E-state index in [9.17, 15) is 18.0 Å². The molecule has 2 aromatic carbocycles. The molecule has 0 atom stereocenters. The second-order valence-electron chi connectivity index (χ2n) is 7.12. The van der Waals surface area contributed by atoms with Gasteiger partial charge in [-0.15, -0.1) is 0 Å². The van der Waals surface area contributed by atoms with Crippen LogP contribution in [-0.2, 0) is 10.0 Å². The highest BCUT2D eigenvalue weighted by molar-refractivity contribution is 7.89. The Bertz CT molecular complexity index is 1290. The van der Waals surface area contributed by atoms with Crippen LogP contribution < -0.4 is 15.5 Å². The van der Waals surface area contributed by atoms with Crippen LogP contribution in [0.4, 0.5) is 5.69 Å². The molecule has 0 aliphatic rings. The topological polar surface area (TPSA) is 110 Å². The van der Waals surface area contributed by atoms with Crippen LogP contribution in [0.5, 0.6) is 0 Å². The molecular formula is C22H23ClN4O4S. The minimum Gasteiger partial charge on any atom is -0.320 e. The highest BCUT2D eigenvalue weighted by Crippen LogP contribution is 2.17. The van der Waals surface area contributed by atoms with Crippen molar-refractivity contribution < 1.29 is 13.2 Å². The summed E-state index contributed by atoms with van der Waals surface area (Å²) in [4.78, 5) is 25.2. The molecule has 168 valence electrons. The van der Waals surface area contributed by atoms with Crippen molar-refractivity contribution in [3.05, 3.63) is 81.2 Å². The van der Waals surface area contributed by atoms with E-state index in [0.29, 0.717) is 29.4 Å². The van der Waals surface area contributed by atoms with Crippen molar-refractivity contribution in [1.82, 2.24) is 14.5 Å². The van der Waals surface area contributed by atoms with E-state index in [0.717, 1.165) is 6.42 Å². The molecule has 3 aromatic rings. The van der Waals surface area contributed by atoms with Gasteiger partial charge in [0.15, 0.2) is 5.69 Å². The molecule has 1 heterocycles. The van der Waals surface area contributed by atoms with Gasteiger partial charge < -0.3 is 5.32 Å². The standard InChI is InChI=1S/C22H23ClN4O4S/c1-3-4-12-24-32(30,31)19-7-5-6-17(14-19)25-22(29)21-20(28)13-15(2)27(26-21)18-10-8-16(23)9-11-18/h5-11,13-14,24H,3-4,12H2,1-2H3,(H,25,29). The molecule has 0 fully saturated rings. The summed E-state index contributed by atoms with van der Waals surface area (Å²) in [5, 5.41) is 7.31. The maximum absolute atomic E-state index is 12.8. The molecule has 3 rings (SSSR count). The number of carbonyl (C=O) groups is 1. The van der Waals surface area contributed by atoms with Crippen molar-refractivity contribution in [2.45, 2.75) is 31.6 Å². The zero-order valence-corrected chi connectivity index (χ0v) is 19.2. The molecule has 0 saturated carbocycles. The fourth-order valence-electron chi connectivity index (χ4n) is 2.95. The van der Waals surface area contributed by atoms with Gasteiger partial charge in [-0.1, -0.05) is 31.0 Å². The van der Waals surface area contributed by atoms with Crippen molar-refractivity contribution >= 4 is 33.2 Å². The monoisotopic (exact) mass is 474 g/mol. The Labute approximate surface area is 191 Å². The number of hydrogen-bond donors (Lipinski definition) is 2.